The van der Waals surface area contributed by atoms with E-state index in [2.05, 4.69) is 11.8 Å². The van der Waals surface area contributed by atoms with E-state index in [9.17, 15) is 19.1 Å². The molecule has 0 unspecified atom stereocenters. The number of amides is 1. The van der Waals surface area contributed by atoms with Crippen molar-refractivity contribution in [1.29, 1.82) is 0 Å². The number of likely N-dealkylation sites (tertiary alicyclic amines) is 1. The monoisotopic (exact) mass is 383 g/mol. The Hall–Kier alpha value is -3.53. The van der Waals surface area contributed by atoms with Crippen molar-refractivity contribution in [2.45, 2.75) is 12.5 Å². The van der Waals surface area contributed by atoms with Crippen molar-refractivity contribution in [1.82, 2.24) is 4.90 Å². The predicted molar refractivity (Wildman–Crippen MR) is 99.0 cm³/mol. The molecule has 1 saturated heterocycles. The number of ether oxygens (including phenoxy) is 2. The van der Waals surface area contributed by atoms with Crippen molar-refractivity contribution >= 4 is 11.9 Å². The molecule has 2 aromatic carbocycles. The average Bonchev–Trinajstić information content (AvgIpc) is 2.64. The van der Waals surface area contributed by atoms with Crippen LogP contribution in [0.25, 0.3) is 0 Å². The summed E-state index contributed by atoms with van der Waals surface area (Å²) in [7, 11) is 2.88. The molecule has 1 heterocycles. The second-order valence-corrected chi connectivity index (χ2v) is 6.16. The minimum atomic E-state index is -1.04. The fraction of sp³-hybridized carbons (Fsp3) is 0.238. The van der Waals surface area contributed by atoms with E-state index >= 15 is 0 Å². The van der Waals surface area contributed by atoms with Gasteiger partial charge < -0.3 is 19.5 Å². The van der Waals surface area contributed by atoms with Crippen LogP contribution < -0.4 is 9.47 Å². The lowest BCUT2D eigenvalue weighted by Crippen LogP contribution is -2.55. The van der Waals surface area contributed by atoms with Crippen LogP contribution in [0.2, 0.25) is 0 Å². The lowest BCUT2D eigenvalue weighted by molar-refractivity contribution is -0.146. The molecule has 0 aliphatic carbocycles. The fourth-order valence-corrected chi connectivity index (χ4v) is 2.94. The van der Waals surface area contributed by atoms with E-state index in [0.717, 1.165) is 0 Å². The van der Waals surface area contributed by atoms with Crippen LogP contribution in [0, 0.1) is 17.7 Å². The standard InChI is InChI=1S/C21H18FNO5/c1-27-18-12-15(20(24)23-9-8-17(23)21(25)26)11-14(19(18)28-2)7-6-13-4-3-5-16(22)10-13/h3-5,10-12,17H,8-9H2,1-2H3,(H,25,26)/t17-/m1/s1. The third-order valence-electron chi connectivity index (χ3n) is 4.46. The van der Waals surface area contributed by atoms with Gasteiger partial charge in [0.05, 0.1) is 19.8 Å². The number of carbonyl (C=O) groups excluding carboxylic acids is 1. The van der Waals surface area contributed by atoms with Crippen LogP contribution in [0.3, 0.4) is 0 Å². The second-order valence-electron chi connectivity index (χ2n) is 6.16. The zero-order valence-corrected chi connectivity index (χ0v) is 15.4. The minimum Gasteiger partial charge on any atom is -0.493 e. The number of methoxy groups -OCH3 is 2. The van der Waals surface area contributed by atoms with Crippen LogP contribution in [0.5, 0.6) is 11.5 Å². The van der Waals surface area contributed by atoms with Gasteiger partial charge in [-0.25, -0.2) is 9.18 Å². The van der Waals surface area contributed by atoms with Gasteiger partial charge in [-0.3, -0.25) is 4.79 Å². The summed E-state index contributed by atoms with van der Waals surface area (Å²) < 4.78 is 24.0. The molecular weight excluding hydrogens is 365 g/mol. The van der Waals surface area contributed by atoms with Crippen LogP contribution >= 0.6 is 0 Å². The van der Waals surface area contributed by atoms with Crippen molar-refractivity contribution in [3.63, 3.8) is 0 Å². The molecule has 0 bridgehead atoms. The molecule has 0 spiro atoms. The van der Waals surface area contributed by atoms with Gasteiger partial charge in [-0.05, 0) is 36.8 Å². The largest absolute Gasteiger partial charge is 0.493 e. The summed E-state index contributed by atoms with van der Waals surface area (Å²) in [5.41, 5.74) is 1.08. The summed E-state index contributed by atoms with van der Waals surface area (Å²) in [5.74, 6) is 4.48. The average molecular weight is 383 g/mol. The van der Waals surface area contributed by atoms with Gasteiger partial charge in [-0.2, -0.15) is 0 Å². The predicted octanol–water partition coefficient (Wildman–Crippen LogP) is 2.54. The molecular formula is C21H18FNO5. The van der Waals surface area contributed by atoms with Crippen molar-refractivity contribution < 1.29 is 28.6 Å². The van der Waals surface area contributed by atoms with Crippen LogP contribution in [0.4, 0.5) is 4.39 Å². The maximum Gasteiger partial charge on any atom is 0.326 e. The van der Waals surface area contributed by atoms with Crippen molar-refractivity contribution in [2.75, 3.05) is 20.8 Å². The number of aliphatic carboxylic acids is 1. The number of carbonyl (C=O) groups is 2. The molecule has 28 heavy (non-hydrogen) atoms. The van der Waals surface area contributed by atoms with Crippen molar-refractivity contribution in [2.24, 2.45) is 0 Å². The van der Waals surface area contributed by atoms with Crippen LogP contribution in [-0.4, -0.2) is 48.7 Å². The smallest absolute Gasteiger partial charge is 0.326 e. The zero-order valence-electron chi connectivity index (χ0n) is 15.4. The molecule has 2 aromatic rings. The third-order valence-corrected chi connectivity index (χ3v) is 4.46. The number of rotatable bonds is 4. The highest BCUT2D eigenvalue weighted by Crippen LogP contribution is 2.33. The number of hydrogen-bond acceptors (Lipinski definition) is 4. The molecule has 0 aromatic heterocycles. The highest BCUT2D eigenvalue weighted by atomic mass is 19.1. The molecule has 0 radical (unpaired) electrons. The molecule has 0 saturated carbocycles. The number of nitrogens with zero attached hydrogens (tertiary/aromatic N) is 1. The summed E-state index contributed by atoms with van der Waals surface area (Å²) in [6.45, 7) is 0.369. The SMILES string of the molecule is COc1cc(C(=O)N2CC[C@@H]2C(=O)O)cc(C#Cc2cccc(F)c2)c1OC. The summed E-state index contributed by atoms with van der Waals surface area (Å²) >= 11 is 0. The fourth-order valence-electron chi connectivity index (χ4n) is 2.94. The highest BCUT2D eigenvalue weighted by Gasteiger charge is 2.38. The maximum absolute atomic E-state index is 13.4. The lowest BCUT2D eigenvalue weighted by atomic mass is 10.00. The van der Waals surface area contributed by atoms with Gasteiger partial charge in [-0.15, -0.1) is 0 Å². The van der Waals surface area contributed by atoms with Crippen LogP contribution in [-0.2, 0) is 4.79 Å². The van der Waals surface area contributed by atoms with E-state index in [-0.39, 0.29) is 5.56 Å². The van der Waals surface area contributed by atoms with Gasteiger partial charge in [0.25, 0.3) is 5.91 Å². The Bertz CT molecular complexity index is 992. The van der Waals surface area contributed by atoms with Gasteiger partial charge in [0.2, 0.25) is 0 Å². The first kappa shape index (κ1) is 19.2. The van der Waals surface area contributed by atoms with E-state index in [1.54, 1.807) is 12.1 Å². The van der Waals surface area contributed by atoms with E-state index in [0.29, 0.717) is 35.6 Å². The van der Waals surface area contributed by atoms with E-state index < -0.39 is 23.7 Å². The highest BCUT2D eigenvalue weighted by molar-refractivity contribution is 5.98. The first-order chi connectivity index (χ1) is 13.4. The van der Waals surface area contributed by atoms with Gasteiger partial charge >= 0.3 is 5.97 Å². The lowest BCUT2D eigenvalue weighted by Gasteiger charge is -2.38. The Balaban J connectivity index is 2.01. The Morgan fingerprint density at radius 1 is 1.18 bits per heavy atom. The summed E-state index contributed by atoms with van der Waals surface area (Å²) in [5, 5.41) is 9.18. The first-order valence-corrected chi connectivity index (χ1v) is 8.52. The number of halogens is 1. The van der Waals surface area contributed by atoms with Gasteiger partial charge in [0.15, 0.2) is 11.5 Å². The first-order valence-electron chi connectivity index (χ1n) is 8.52. The third kappa shape index (κ3) is 3.76. The second kappa shape index (κ2) is 8.01. The molecule has 6 nitrogen and oxygen atoms in total. The van der Waals surface area contributed by atoms with Gasteiger partial charge in [-0.1, -0.05) is 17.9 Å². The number of carboxylic acids is 1. The van der Waals surface area contributed by atoms with Gasteiger partial charge in [0, 0.05) is 17.7 Å². The normalized spacial score (nSPS) is 15.1. The van der Waals surface area contributed by atoms with E-state index in [1.807, 2.05) is 0 Å². The van der Waals surface area contributed by atoms with Crippen molar-refractivity contribution in [3.05, 3.63) is 58.9 Å². The molecule has 1 fully saturated rings. The molecule has 3 rings (SSSR count). The molecule has 1 amide bonds. The molecule has 144 valence electrons. The Morgan fingerprint density at radius 2 is 1.96 bits per heavy atom. The summed E-state index contributed by atoms with van der Waals surface area (Å²) in [4.78, 5) is 25.2. The summed E-state index contributed by atoms with van der Waals surface area (Å²) in [6, 6.07) is 8.00. The zero-order chi connectivity index (χ0) is 20.3. The van der Waals surface area contributed by atoms with Gasteiger partial charge in [0.1, 0.15) is 11.9 Å². The molecule has 1 aliphatic rings. The van der Waals surface area contributed by atoms with E-state index in [1.165, 1.54) is 43.4 Å². The Morgan fingerprint density at radius 3 is 2.54 bits per heavy atom. The Kier molecular flexibility index (Phi) is 5.50. The van der Waals surface area contributed by atoms with Crippen molar-refractivity contribution in [3.8, 4) is 23.3 Å². The topological polar surface area (TPSA) is 76.1 Å². The number of carboxylic acid groups (broad SMARTS) is 1. The molecule has 1 atom stereocenters. The minimum absolute atomic E-state index is 0.243. The molecule has 1 aliphatic heterocycles. The number of hydrogen-bond donors (Lipinski definition) is 1. The van der Waals surface area contributed by atoms with Crippen LogP contribution in [0.15, 0.2) is 36.4 Å². The molecule has 1 N–H and O–H groups in total. The Labute approximate surface area is 161 Å². The van der Waals surface area contributed by atoms with E-state index in [4.69, 9.17) is 9.47 Å². The number of benzene rings is 2. The maximum atomic E-state index is 13.4. The van der Waals surface area contributed by atoms with Crippen LogP contribution in [0.1, 0.15) is 27.9 Å². The summed E-state index contributed by atoms with van der Waals surface area (Å²) in [6.07, 6.45) is 0.417. The quantitative estimate of drug-likeness (QED) is 0.822. The molecule has 7 heteroatoms.